The first kappa shape index (κ1) is 9.21. The lowest BCUT2D eigenvalue weighted by Gasteiger charge is -2.18. The first-order valence-corrected chi connectivity index (χ1v) is 4.76. The lowest BCUT2D eigenvalue weighted by atomic mass is 9.88. The van der Waals surface area contributed by atoms with Crippen LogP contribution in [0.15, 0.2) is 18.2 Å². The van der Waals surface area contributed by atoms with Gasteiger partial charge in [-0.3, -0.25) is 4.79 Å². The Balaban J connectivity index is 2.19. The van der Waals surface area contributed by atoms with Crippen LogP contribution in [0.3, 0.4) is 0 Å². The topological polar surface area (TPSA) is 63.3 Å². The molecular weight excluding hydrogens is 178 g/mol. The molecule has 14 heavy (non-hydrogen) atoms. The number of benzene rings is 1. The number of nitrogens with two attached hydrogens (primary N) is 1. The average molecular weight is 191 g/mol. The van der Waals surface area contributed by atoms with E-state index in [1.165, 1.54) is 11.1 Å². The molecule has 3 rings (SSSR count). The van der Waals surface area contributed by atoms with E-state index in [1.54, 1.807) is 0 Å². The maximum atomic E-state index is 10.6. The molecule has 2 aliphatic carbocycles. The van der Waals surface area contributed by atoms with Gasteiger partial charge in [-0.05, 0) is 36.0 Å². The molecule has 1 aromatic carbocycles. The first-order chi connectivity index (χ1) is 6.66. The number of hydrogen-bond donors (Lipinski definition) is 2. The molecule has 0 spiro atoms. The molecular formula is C11H13NO2. The second kappa shape index (κ2) is 3.42. The van der Waals surface area contributed by atoms with Gasteiger partial charge in [0, 0.05) is 0 Å². The van der Waals surface area contributed by atoms with E-state index in [0.717, 1.165) is 18.4 Å². The third kappa shape index (κ3) is 1.63. The zero-order valence-electron chi connectivity index (χ0n) is 7.86. The number of carbonyl (C=O) groups is 1. The standard InChI is InChI=1S/C11H13NO2/c12-10(11(13)14)6-9-5-7-1-3-8(9)4-2-7/h1,3,5,10H,2,4,6,12H2,(H,13,14). The number of aliphatic carboxylic acids is 1. The van der Waals surface area contributed by atoms with Crippen LogP contribution >= 0.6 is 0 Å². The smallest absolute Gasteiger partial charge is 0.320 e. The number of rotatable bonds is 3. The van der Waals surface area contributed by atoms with E-state index in [1.807, 2.05) is 0 Å². The number of fused-ring (bicyclic) bond motifs is 3. The van der Waals surface area contributed by atoms with Gasteiger partial charge in [0.1, 0.15) is 6.04 Å². The molecule has 1 aromatic rings. The fraction of sp³-hybridized carbons (Fsp3) is 0.364. The van der Waals surface area contributed by atoms with Crippen LogP contribution in [0.1, 0.15) is 16.7 Å². The van der Waals surface area contributed by atoms with Crippen molar-refractivity contribution in [1.82, 2.24) is 0 Å². The molecule has 0 heterocycles. The molecule has 3 N–H and O–H groups in total. The summed E-state index contributed by atoms with van der Waals surface area (Å²) in [4.78, 5) is 10.6. The van der Waals surface area contributed by atoms with Crippen LogP contribution in [-0.4, -0.2) is 17.1 Å². The van der Waals surface area contributed by atoms with Gasteiger partial charge in [0.2, 0.25) is 0 Å². The maximum Gasteiger partial charge on any atom is 0.320 e. The summed E-state index contributed by atoms with van der Waals surface area (Å²) in [6, 6.07) is 5.46. The summed E-state index contributed by atoms with van der Waals surface area (Å²) in [6.45, 7) is 0. The predicted molar refractivity (Wildman–Crippen MR) is 53.2 cm³/mol. The Kier molecular flexibility index (Phi) is 2.25. The van der Waals surface area contributed by atoms with Gasteiger partial charge in [0.25, 0.3) is 0 Å². The highest BCUT2D eigenvalue weighted by atomic mass is 16.4. The highest BCUT2D eigenvalue weighted by Crippen LogP contribution is 2.22. The predicted octanol–water partition coefficient (Wildman–Crippen LogP) is 0.740. The van der Waals surface area contributed by atoms with E-state index in [2.05, 4.69) is 18.2 Å². The maximum absolute atomic E-state index is 10.6. The summed E-state index contributed by atoms with van der Waals surface area (Å²) < 4.78 is 0. The lowest BCUT2D eigenvalue weighted by molar-refractivity contribution is -0.138. The fourth-order valence-corrected chi connectivity index (χ4v) is 1.87. The molecule has 2 aliphatic rings. The van der Waals surface area contributed by atoms with Crippen molar-refractivity contribution in [3.63, 3.8) is 0 Å². The van der Waals surface area contributed by atoms with Crippen molar-refractivity contribution < 1.29 is 9.90 Å². The minimum atomic E-state index is -0.929. The van der Waals surface area contributed by atoms with Gasteiger partial charge in [0.15, 0.2) is 0 Å². The molecule has 0 saturated heterocycles. The third-order valence-electron chi connectivity index (χ3n) is 2.71. The van der Waals surface area contributed by atoms with Crippen LogP contribution in [0.25, 0.3) is 0 Å². The number of hydrogen-bond acceptors (Lipinski definition) is 2. The summed E-state index contributed by atoms with van der Waals surface area (Å²) in [6.07, 6.45) is 2.56. The van der Waals surface area contributed by atoms with Gasteiger partial charge in [0.05, 0.1) is 0 Å². The minimum absolute atomic E-state index is 0.443. The molecule has 2 bridgehead atoms. The van der Waals surface area contributed by atoms with Gasteiger partial charge in [-0.15, -0.1) is 0 Å². The zero-order valence-corrected chi connectivity index (χ0v) is 7.86. The van der Waals surface area contributed by atoms with Crippen molar-refractivity contribution in [3.8, 4) is 0 Å². The summed E-state index contributed by atoms with van der Waals surface area (Å²) in [5.41, 5.74) is 9.12. The number of aryl methyl sites for hydroxylation is 2. The van der Waals surface area contributed by atoms with Crippen LogP contribution in [0, 0.1) is 0 Å². The SMILES string of the molecule is NC(Cc1cc2ccc1CC2)C(=O)O. The van der Waals surface area contributed by atoms with Crippen molar-refractivity contribution in [2.24, 2.45) is 5.73 Å². The molecule has 0 radical (unpaired) electrons. The van der Waals surface area contributed by atoms with Crippen LogP contribution in [0.2, 0.25) is 0 Å². The van der Waals surface area contributed by atoms with Crippen molar-refractivity contribution >= 4 is 5.97 Å². The Hall–Kier alpha value is -1.35. The van der Waals surface area contributed by atoms with Crippen molar-refractivity contribution in [2.45, 2.75) is 25.3 Å². The Bertz CT molecular complexity index is 374. The summed E-state index contributed by atoms with van der Waals surface area (Å²) >= 11 is 0. The number of carboxylic acid groups (broad SMARTS) is 1. The highest BCUT2D eigenvalue weighted by Gasteiger charge is 2.17. The molecule has 74 valence electrons. The fourth-order valence-electron chi connectivity index (χ4n) is 1.87. The Morgan fingerprint density at radius 1 is 1.50 bits per heavy atom. The molecule has 0 fully saturated rings. The first-order valence-electron chi connectivity index (χ1n) is 4.76. The highest BCUT2D eigenvalue weighted by molar-refractivity contribution is 5.73. The Morgan fingerprint density at radius 2 is 2.29 bits per heavy atom. The second-order valence-corrected chi connectivity index (χ2v) is 3.75. The minimum Gasteiger partial charge on any atom is -0.480 e. The third-order valence-corrected chi connectivity index (χ3v) is 2.71. The van der Waals surface area contributed by atoms with Crippen molar-refractivity contribution in [1.29, 1.82) is 0 Å². The Morgan fingerprint density at radius 3 is 2.71 bits per heavy atom. The van der Waals surface area contributed by atoms with E-state index >= 15 is 0 Å². The molecule has 0 aromatic heterocycles. The van der Waals surface area contributed by atoms with E-state index in [9.17, 15) is 4.79 Å². The lowest BCUT2D eigenvalue weighted by Crippen LogP contribution is -2.32. The van der Waals surface area contributed by atoms with Gasteiger partial charge in [-0.1, -0.05) is 18.2 Å². The van der Waals surface area contributed by atoms with Crippen LogP contribution in [-0.2, 0) is 24.1 Å². The van der Waals surface area contributed by atoms with Gasteiger partial charge in [-0.25, -0.2) is 0 Å². The number of carboxylic acids is 1. The molecule has 1 atom stereocenters. The normalized spacial score (nSPS) is 15.5. The van der Waals surface area contributed by atoms with Crippen LogP contribution in [0.5, 0.6) is 0 Å². The van der Waals surface area contributed by atoms with Crippen LogP contribution in [0.4, 0.5) is 0 Å². The Labute approximate surface area is 82.5 Å². The van der Waals surface area contributed by atoms with Gasteiger partial charge < -0.3 is 10.8 Å². The van der Waals surface area contributed by atoms with E-state index in [0.29, 0.717) is 6.42 Å². The van der Waals surface area contributed by atoms with E-state index < -0.39 is 12.0 Å². The summed E-state index contributed by atoms with van der Waals surface area (Å²) in [5.74, 6) is -0.929. The average Bonchev–Trinajstić information content (AvgIpc) is 2.19. The molecule has 0 amide bonds. The summed E-state index contributed by atoms with van der Waals surface area (Å²) in [5, 5.41) is 8.70. The summed E-state index contributed by atoms with van der Waals surface area (Å²) in [7, 11) is 0. The van der Waals surface area contributed by atoms with Gasteiger partial charge >= 0.3 is 5.97 Å². The van der Waals surface area contributed by atoms with E-state index in [-0.39, 0.29) is 0 Å². The van der Waals surface area contributed by atoms with E-state index in [4.69, 9.17) is 10.8 Å². The second-order valence-electron chi connectivity index (χ2n) is 3.75. The van der Waals surface area contributed by atoms with Crippen LogP contribution < -0.4 is 5.73 Å². The van der Waals surface area contributed by atoms with Crippen molar-refractivity contribution in [2.75, 3.05) is 0 Å². The van der Waals surface area contributed by atoms with Gasteiger partial charge in [-0.2, -0.15) is 0 Å². The molecule has 1 unspecified atom stereocenters. The monoisotopic (exact) mass is 191 g/mol. The molecule has 0 saturated carbocycles. The quantitative estimate of drug-likeness (QED) is 0.740. The zero-order chi connectivity index (χ0) is 10.1. The molecule has 0 aliphatic heterocycles. The molecule has 3 nitrogen and oxygen atoms in total. The van der Waals surface area contributed by atoms with Crippen molar-refractivity contribution in [3.05, 3.63) is 34.9 Å². The largest absolute Gasteiger partial charge is 0.480 e. The molecule has 3 heteroatoms.